The van der Waals surface area contributed by atoms with Crippen molar-refractivity contribution >= 4 is 17.4 Å². The zero-order valence-electron chi connectivity index (χ0n) is 18.7. The van der Waals surface area contributed by atoms with Crippen molar-refractivity contribution in [2.45, 2.75) is 50.6 Å². The molecule has 3 fully saturated rings. The van der Waals surface area contributed by atoms with Crippen LogP contribution in [0.4, 0.5) is 11.5 Å². The van der Waals surface area contributed by atoms with Crippen LogP contribution in [0.15, 0.2) is 42.7 Å². The van der Waals surface area contributed by atoms with Gasteiger partial charge in [0, 0.05) is 49.8 Å². The number of carbonyl (C=O) groups is 1. The van der Waals surface area contributed by atoms with Gasteiger partial charge in [-0.2, -0.15) is 0 Å². The average molecular weight is 435 g/mol. The predicted octanol–water partition coefficient (Wildman–Crippen LogP) is 3.16. The molecule has 2 saturated heterocycles. The number of pyridine rings is 2. The molecule has 2 aromatic heterocycles. The van der Waals surface area contributed by atoms with Gasteiger partial charge in [0.2, 0.25) is 0 Å². The monoisotopic (exact) mass is 434 g/mol. The minimum Gasteiger partial charge on any atom is -0.355 e. The van der Waals surface area contributed by atoms with Crippen molar-refractivity contribution in [2.24, 2.45) is 5.92 Å². The Bertz CT molecular complexity index is 900. The number of nitrogens with zero attached hydrogens (tertiary/aromatic N) is 4. The number of likely N-dealkylation sites (tertiary alicyclic amines) is 1. The van der Waals surface area contributed by atoms with Crippen LogP contribution < -0.4 is 15.5 Å². The average Bonchev–Trinajstić information content (AvgIpc) is 3.60. The first-order valence-corrected chi connectivity index (χ1v) is 12.2. The number of hydrogen-bond donors (Lipinski definition) is 2. The number of amides is 1. The fourth-order valence-corrected chi connectivity index (χ4v) is 5.45. The third-order valence-corrected chi connectivity index (χ3v) is 7.27. The van der Waals surface area contributed by atoms with E-state index in [0.717, 1.165) is 49.5 Å². The molecule has 0 aromatic carbocycles. The molecule has 0 bridgehead atoms. The van der Waals surface area contributed by atoms with E-state index in [2.05, 4.69) is 30.4 Å². The second kappa shape index (κ2) is 9.96. The van der Waals surface area contributed by atoms with Gasteiger partial charge in [-0.15, -0.1) is 0 Å². The Labute approximate surface area is 190 Å². The zero-order chi connectivity index (χ0) is 21.8. The summed E-state index contributed by atoms with van der Waals surface area (Å²) in [7, 11) is 0. The molecule has 2 N–H and O–H groups in total. The van der Waals surface area contributed by atoms with Gasteiger partial charge < -0.3 is 20.4 Å². The molecule has 1 amide bonds. The molecule has 2 aliphatic heterocycles. The smallest absolute Gasteiger partial charge is 0.274 e. The van der Waals surface area contributed by atoms with Gasteiger partial charge in [0.15, 0.2) is 0 Å². The molecular formula is C25H34N6O. The summed E-state index contributed by atoms with van der Waals surface area (Å²) in [5, 5.41) is 6.71. The number of rotatable bonds is 7. The molecular weight excluding hydrogens is 400 g/mol. The molecule has 5 rings (SSSR count). The van der Waals surface area contributed by atoms with Crippen LogP contribution in [0.1, 0.15) is 49.0 Å². The highest BCUT2D eigenvalue weighted by molar-refractivity contribution is 6.03. The summed E-state index contributed by atoms with van der Waals surface area (Å²) in [5.74, 6) is 1.47. The summed E-state index contributed by atoms with van der Waals surface area (Å²) in [6.45, 7) is 5.58. The van der Waals surface area contributed by atoms with E-state index in [9.17, 15) is 4.79 Å². The maximum Gasteiger partial charge on any atom is 0.274 e. The first-order chi connectivity index (χ1) is 15.7. The summed E-state index contributed by atoms with van der Waals surface area (Å²) in [4.78, 5) is 26.2. The Hall–Kier alpha value is -2.51. The SMILES string of the molecule is O=C(Nc1ccncc1)c1cccc(N2CC[C@@H](NCC3CCN(C4CCCC4)C3)C2)n1. The number of aromatic nitrogens is 2. The largest absolute Gasteiger partial charge is 0.355 e. The third kappa shape index (κ3) is 5.10. The van der Waals surface area contributed by atoms with Crippen molar-refractivity contribution in [1.29, 1.82) is 0 Å². The van der Waals surface area contributed by atoms with Crippen LogP contribution in [0.3, 0.4) is 0 Å². The second-order valence-corrected chi connectivity index (χ2v) is 9.50. The molecule has 32 heavy (non-hydrogen) atoms. The van der Waals surface area contributed by atoms with Crippen LogP contribution in [-0.4, -0.2) is 65.6 Å². The van der Waals surface area contributed by atoms with Crippen molar-refractivity contribution < 1.29 is 4.79 Å². The molecule has 4 heterocycles. The highest BCUT2D eigenvalue weighted by atomic mass is 16.1. The maximum absolute atomic E-state index is 12.6. The van der Waals surface area contributed by atoms with Gasteiger partial charge in [-0.3, -0.25) is 9.78 Å². The summed E-state index contributed by atoms with van der Waals surface area (Å²) >= 11 is 0. The lowest BCUT2D eigenvalue weighted by Crippen LogP contribution is -2.37. The quantitative estimate of drug-likeness (QED) is 0.697. The molecule has 2 aromatic rings. The Kier molecular flexibility index (Phi) is 6.64. The molecule has 0 radical (unpaired) electrons. The second-order valence-electron chi connectivity index (χ2n) is 9.50. The highest BCUT2D eigenvalue weighted by Crippen LogP contribution is 2.28. The van der Waals surface area contributed by atoms with Crippen molar-refractivity contribution in [3.63, 3.8) is 0 Å². The van der Waals surface area contributed by atoms with E-state index in [1.165, 1.54) is 45.2 Å². The fraction of sp³-hybridized carbons (Fsp3) is 0.560. The Morgan fingerprint density at radius 3 is 2.69 bits per heavy atom. The molecule has 1 aliphatic carbocycles. The van der Waals surface area contributed by atoms with E-state index in [-0.39, 0.29) is 5.91 Å². The van der Waals surface area contributed by atoms with Crippen LogP contribution in [-0.2, 0) is 0 Å². The van der Waals surface area contributed by atoms with Crippen molar-refractivity contribution in [3.05, 3.63) is 48.4 Å². The Morgan fingerprint density at radius 1 is 1.00 bits per heavy atom. The molecule has 1 saturated carbocycles. The van der Waals surface area contributed by atoms with E-state index in [1.807, 2.05) is 12.1 Å². The van der Waals surface area contributed by atoms with Crippen LogP contribution in [0, 0.1) is 5.92 Å². The van der Waals surface area contributed by atoms with Gasteiger partial charge in [0.05, 0.1) is 0 Å². The molecule has 7 nitrogen and oxygen atoms in total. The number of hydrogen-bond acceptors (Lipinski definition) is 6. The lowest BCUT2D eigenvalue weighted by Gasteiger charge is -2.24. The van der Waals surface area contributed by atoms with Crippen molar-refractivity contribution in [1.82, 2.24) is 20.2 Å². The van der Waals surface area contributed by atoms with Crippen LogP contribution >= 0.6 is 0 Å². The number of anilines is 2. The van der Waals surface area contributed by atoms with Gasteiger partial charge in [0.25, 0.3) is 5.91 Å². The topological polar surface area (TPSA) is 73.4 Å². The zero-order valence-corrected chi connectivity index (χ0v) is 18.7. The van der Waals surface area contributed by atoms with E-state index >= 15 is 0 Å². The van der Waals surface area contributed by atoms with Gasteiger partial charge >= 0.3 is 0 Å². The third-order valence-electron chi connectivity index (χ3n) is 7.27. The van der Waals surface area contributed by atoms with E-state index in [0.29, 0.717) is 11.7 Å². The first kappa shape index (κ1) is 21.3. The summed E-state index contributed by atoms with van der Waals surface area (Å²) < 4.78 is 0. The van der Waals surface area contributed by atoms with Gasteiger partial charge in [-0.1, -0.05) is 18.9 Å². The molecule has 0 spiro atoms. The molecule has 170 valence electrons. The van der Waals surface area contributed by atoms with Gasteiger partial charge in [0.1, 0.15) is 11.5 Å². The first-order valence-electron chi connectivity index (χ1n) is 12.2. The summed E-state index contributed by atoms with van der Waals surface area (Å²) in [5.41, 5.74) is 1.16. The van der Waals surface area contributed by atoms with Crippen molar-refractivity contribution in [3.8, 4) is 0 Å². The van der Waals surface area contributed by atoms with Crippen molar-refractivity contribution in [2.75, 3.05) is 42.9 Å². The minimum absolute atomic E-state index is 0.194. The normalized spacial score (nSPS) is 24.3. The lowest BCUT2D eigenvalue weighted by atomic mass is 10.1. The van der Waals surface area contributed by atoms with Gasteiger partial charge in [-0.25, -0.2) is 4.98 Å². The number of carbonyl (C=O) groups excluding carboxylic acids is 1. The number of nitrogens with one attached hydrogen (secondary N) is 2. The minimum atomic E-state index is -0.194. The Morgan fingerprint density at radius 2 is 1.84 bits per heavy atom. The predicted molar refractivity (Wildman–Crippen MR) is 127 cm³/mol. The molecule has 7 heteroatoms. The van der Waals surface area contributed by atoms with Gasteiger partial charge in [-0.05, 0) is 69.0 Å². The summed E-state index contributed by atoms with van der Waals surface area (Å²) in [6.07, 6.45) is 11.4. The van der Waals surface area contributed by atoms with Crippen LogP contribution in [0.2, 0.25) is 0 Å². The van der Waals surface area contributed by atoms with E-state index in [4.69, 9.17) is 0 Å². The summed E-state index contributed by atoms with van der Waals surface area (Å²) in [6, 6.07) is 10.6. The van der Waals surface area contributed by atoms with Crippen LogP contribution in [0.25, 0.3) is 0 Å². The highest BCUT2D eigenvalue weighted by Gasteiger charge is 2.31. The maximum atomic E-state index is 12.6. The molecule has 2 atom stereocenters. The van der Waals surface area contributed by atoms with E-state index < -0.39 is 0 Å². The van der Waals surface area contributed by atoms with Crippen LogP contribution in [0.5, 0.6) is 0 Å². The lowest BCUT2D eigenvalue weighted by molar-refractivity contribution is 0.102. The fourth-order valence-electron chi connectivity index (χ4n) is 5.45. The van der Waals surface area contributed by atoms with E-state index in [1.54, 1.807) is 30.6 Å². The Balaban J connectivity index is 1.10. The molecule has 3 aliphatic rings. The standard InChI is InChI=1S/C25H34N6O/c32-25(28-20-8-12-26-13-9-20)23-6-3-7-24(29-23)31-15-11-21(18-31)27-16-19-10-14-30(17-19)22-4-1-2-5-22/h3,6-9,12-13,19,21-22,27H,1-2,4-5,10-11,14-18H2,(H,26,28,32)/t19?,21-/m1/s1. The molecule has 1 unspecified atom stereocenters.